The topological polar surface area (TPSA) is 72.7 Å². The molecule has 10 heteroatoms. The molecule has 21 heavy (non-hydrogen) atoms. The molecule has 0 saturated heterocycles. The Morgan fingerprint density at radius 3 is 2.57 bits per heavy atom. The predicted molar refractivity (Wildman–Crippen MR) is 84.2 cm³/mol. The van der Waals surface area contributed by atoms with Gasteiger partial charge in [0.2, 0.25) is 11.1 Å². The molecule has 1 atom stereocenters. The lowest BCUT2D eigenvalue weighted by atomic mass is 10.3. The smallest absolute Gasteiger partial charge is 0.237 e. The van der Waals surface area contributed by atoms with E-state index < -0.39 is 5.25 Å². The van der Waals surface area contributed by atoms with Crippen LogP contribution < -0.4 is 5.32 Å². The first-order valence-corrected chi connectivity index (χ1v) is 7.74. The Kier molecular flexibility index (Phi) is 5.32. The van der Waals surface area contributed by atoms with Crippen molar-refractivity contribution in [1.29, 1.82) is 0 Å². The highest BCUT2D eigenvalue weighted by Crippen LogP contribution is 2.32. The fraction of sp³-hybridized carbons (Fsp3) is 0.273. The Morgan fingerprint density at radius 1 is 1.29 bits per heavy atom. The molecule has 1 unspecified atom stereocenters. The summed E-state index contributed by atoms with van der Waals surface area (Å²) >= 11 is 19.0. The monoisotopic (exact) mass is 365 g/mol. The number of benzene rings is 1. The van der Waals surface area contributed by atoms with E-state index in [9.17, 15) is 4.79 Å². The number of thioether (sulfide) groups is 1. The van der Waals surface area contributed by atoms with Crippen LogP contribution in [0.1, 0.15) is 6.92 Å². The maximum absolute atomic E-state index is 12.2. The van der Waals surface area contributed by atoms with E-state index in [-0.39, 0.29) is 5.91 Å². The summed E-state index contributed by atoms with van der Waals surface area (Å²) < 4.78 is 1.49. The number of hydrogen-bond donors (Lipinski definition) is 1. The van der Waals surface area contributed by atoms with Crippen LogP contribution in [0.4, 0.5) is 5.69 Å². The van der Waals surface area contributed by atoms with Gasteiger partial charge in [-0.2, -0.15) is 0 Å². The van der Waals surface area contributed by atoms with Gasteiger partial charge >= 0.3 is 0 Å². The van der Waals surface area contributed by atoms with Gasteiger partial charge in [0.15, 0.2) is 0 Å². The van der Waals surface area contributed by atoms with Crippen molar-refractivity contribution in [2.45, 2.75) is 17.3 Å². The lowest BCUT2D eigenvalue weighted by Gasteiger charge is -2.12. The molecule has 0 spiro atoms. The molecule has 0 aliphatic carbocycles. The Labute approximate surface area is 140 Å². The molecule has 1 amide bonds. The fourth-order valence-electron chi connectivity index (χ4n) is 1.39. The van der Waals surface area contributed by atoms with Gasteiger partial charge in [0.05, 0.1) is 26.0 Å². The summed E-state index contributed by atoms with van der Waals surface area (Å²) in [6.45, 7) is 1.74. The molecule has 1 N–H and O–H groups in total. The van der Waals surface area contributed by atoms with Crippen LogP contribution in [0.5, 0.6) is 0 Å². The number of anilines is 1. The Balaban J connectivity index is 2.07. The average Bonchev–Trinajstić information content (AvgIpc) is 2.81. The molecule has 1 aromatic carbocycles. The molecule has 6 nitrogen and oxygen atoms in total. The first kappa shape index (κ1) is 16.4. The largest absolute Gasteiger partial charge is 0.324 e. The number of amides is 1. The van der Waals surface area contributed by atoms with E-state index in [1.807, 2.05) is 0 Å². The second-order valence-corrected chi connectivity index (χ2v) is 6.61. The van der Waals surface area contributed by atoms with Crippen molar-refractivity contribution in [1.82, 2.24) is 20.2 Å². The third-order valence-electron chi connectivity index (χ3n) is 2.50. The van der Waals surface area contributed by atoms with Crippen LogP contribution in [0.15, 0.2) is 17.3 Å². The molecule has 1 aromatic heterocycles. The normalized spacial score (nSPS) is 12.2. The number of aryl methyl sites for hydroxylation is 1. The van der Waals surface area contributed by atoms with E-state index in [1.54, 1.807) is 14.0 Å². The van der Waals surface area contributed by atoms with Crippen molar-refractivity contribution in [3.05, 3.63) is 27.2 Å². The maximum Gasteiger partial charge on any atom is 0.237 e. The van der Waals surface area contributed by atoms with E-state index in [0.29, 0.717) is 25.9 Å². The lowest BCUT2D eigenvalue weighted by molar-refractivity contribution is -0.115. The number of nitrogens with one attached hydrogen (secondary N) is 1. The van der Waals surface area contributed by atoms with Gasteiger partial charge in [0.25, 0.3) is 0 Å². The number of nitrogens with zero attached hydrogens (tertiary/aromatic N) is 4. The van der Waals surface area contributed by atoms with Crippen LogP contribution in [0, 0.1) is 0 Å². The summed E-state index contributed by atoms with van der Waals surface area (Å²) in [6.07, 6.45) is 0. The zero-order valence-corrected chi connectivity index (χ0v) is 14.1. The molecule has 0 saturated carbocycles. The average molecular weight is 367 g/mol. The molecule has 0 aliphatic heterocycles. The number of carbonyl (C=O) groups is 1. The van der Waals surface area contributed by atoms with E-state index >= 15 is 0 Å². The summed E-state index contributed by atoms with van der Waals surface area (Å²) in [6, 6.07) is 2.98. The van der Waals surface area contributed by atoms with Crippen LogP contribution >= 0.6 is 46.6 Å². The van der Waals surface area contributed by atoms with Gasteiger partial charge in [-0.1, -0.05) is 46.6 Å². The second kappa shape index (κ2) is 6.83. The molecule has 2 rings (SSSR count). The lowest BCUT2D eigenvalue weighted by Crippen LogP contribution is -2.23. The molecule has 1 heterocycles. The van der Waals surface area contributed by atoms with Crippen LogP contribution in [0.2, 0.25) is 15.1 Å². The number of aromatic nitrogens is 4. The highest BCUT2D eigenvalue weighted by Gasteiger charge is 2.19. The minimum atomic E-state index is -0.416. The summed E-state index contributed by atoms with van der Waals surface area (Å²) in [7, 11) is 1.70. The molecule has 2 aromatic rings. The first-order valence-electron chi connectivity index (χ1n) is 5.73. The third kappa shape index (κ3) is 4.00. The van der Waals surface area contributed by atoms with Crippen molar-refractivity contribution in [2.24, 2.45) is 7.05 Å². The van der Waals surface area contributed by atoms with Gasteiger partial charge in [-0.3, -0.25) is 4.79 Å². The van der Waals surface area contributed by atoms with Gasteiger partial charge in [0.1, 0.15) is 0 Å². The molecule has 112 valence electrons. The molecular weight excluding hydrogens is 357 g/mol. The van der Waals surface area contributed by atoms with Crippen LogP contribution in [-0.4, -0.2) is 31.4 Å². The predicted octanol–water partition coefficient (Wildman–Crippen LogP) is 3.29. The van der Waals surface area contributed by atoms with Gasteiger partial charge in [-0.05, 0) is 29.5 Å². The number of hydrogen-bond acceptors (Lipinski definition) is 5. The molecule has 0 aliphatic rings. The second-order valence-electron chi connectivity index (χ2n) is 4.08. The van der Waals surface area contributed by atoms with Crippen molar-refractivity contribution in [2.75, 3.05) is 5.32 Å². The number of rotatable bonds is 4. The molecule has 0 radical (unpaired) electrons. The van der Waals surface area contributed by atoms with Crippen molar-refractivity contribution in [3.8, 4) is 0 Å². The van der Waals surface area contributed by atoms with Gasteiger partial charge in [-0.25, -0.2) is 4.68 Å². The minimum Gasteiger partial charge on any atom is -0.324 e. The standard InChI is InChI=1S/C11H10Cl3N5OS/c1-5(21-11-16-17-18-19(11)2)10(20)15-9-4-7(13)6(12)3-8(9)14/h3-5H,1-2H3,(H,15,20). The van der Waals surface area contributed by atoms with E-state index in [0.717, 1.165) is 0 Å². The Hall–Kier alpha value is -1.02. The zero-order valence-electron chi connectivity index (χ0n) is 11.0. The van der Waals surface area contributed by atoms with Crippen molar-refractivity contribution in [3.63, 3.8) is 0 Å². The zero-order chi connectivity index (χ0) is 15.6. The summed E-state index contributed by atoms with van der Waals surface area (Å²) in [5.41, 5.74) is 0.402. The first-order chi connectivity index (χ1) is 9.88. The van der Waals surface area contributed by atoms with Crippen molar-refractivity contribution >= 4 is 58.2 Å². The summed E-state index contributed by atoms with van der Waals surface area (Å²) in [5.74, 6) is -0.247. The molecule has 0 bridgehead atoms. The quantitative estimate of drug-likeness (QED) is 0.664. The van der Waals surface area contributed by atoms with Gasteiger partial charge < -0.3 is 5.32 Å². The van der Waals surface area contributed by atoms with Gasteiger partial charge in [0, 0.05) is 7.05 Å². The van der Waals surface area contributed by atoms with Gasteiger partial charge in [-0.15, -0.1) is 5.10 Å². The number of tetrazole rings is 1. The van der Waals surface area contributed by atoms with E-state index in [1.165, 1.54) is 28.6 Å². The maximum atomic E-state index is 12.2. The van der Waals surface area contributed by atoms with Crippen LogP contribution in [-0.2, 0) is 11.8 Å². The Bertz CT molecular complexity index is 678. The van der Waals surface area contributed by atoms with E-state index in [2.05, 4.69) is 20.8 Å². The summed E-state index contributed by atoms with van der Waals surface area (Å²) in [4.78, 5) is 12.2. The molecule has 0 fully saturated rings. The van der Waals surface area contributed by atoms with Crippen LogP contribution in [0.3, 0.4) is 0 Å². The SMILES string of the molecule is CC(Sc1nnnn1C)C(=O)Nc1cc(Cl)c(Cl)cc1Cl. The highest BCUT2D eigenvalue weighted by molar-refractivity contribution is 8.00. The number of carbonyl (C=O) groups excluding carboxylic acids is 1. The molecular formula is C11H10Cl3N5OS. The van der Waals surface area contributed by atoms with E-state index in [4.69, 9.17) is 34.8 Å². The Morgan fingerprint density at radius 2 is 1.95 bits per heavy atom. The van der Waals surface area contributed by atoms with Crippen molar-refractivity contribution < 1.29 is 4.79 Å². The third-order valence-corrected chi connectivity index (χ3v) is 4.66. The summed E-state index contributed by atoms with van der Waals surface area (Å²) in [5, 5.41) is 14.8. The fourth-order valence-corrected chi connectivity index (χ4v) is 2.73. The number of halogens is 3. The van der Waals surface area contributed by atoms with Crippen LogP contribution in [0.25, 0.3) is 0 Å². The minimum absolute atomic E-state index is 0.247. The highest BCUT2D eigenvalue weighted by atomic mass is 35.5.